The summed E-state index contributed by atoms with van der Waals surface area (Å²) in [5.74, 6) is 0.883. The molecule has 0 bridgehead atoms. The lowest BCUT2D eigenvalue weighted by atomic mass is 9.79. The topological polar surface area (TPSA) is 63.7 Å². The van der Waals surface area contributed by atoms with E-state index in [2.05, 4.69) is 10.2 Å². The highest BCUT2D eigenvalue weighted by Gasteiger charge is 2.38. The molecule has 1 aliphatic carbocycles. The fourth-order valence-electron chi connectivity index (χ4n) is 4.78. The van der Waals surface area contributed by atoms with Gasteiger partial charge in [-0.25, -0.2) is 4.98 Å². The zero-order chi connectivity index (χ0) is 21.5. The van der Waals surface area contributed by atoms with Gasteiger partial charge in [-0.2, -0.15) is 0 Å². The maximum absolute atomic E-state index is 12.8. The van der Waals surface area contributed by atoms with E-state index in [1.165, 1.54) is 19.3 Å². The number of nitrogens with one attached hydrogen (secondary N) is 1. The lowest BCUT2D eigenvalue weighted by Gasteiger charge is -2.48. The first-order valence-corrected chi connectivity index (χ1v) is 12.3. The number of para-hydroxylation sites is 1. The third-order valence-electron chi connectivity index (χ3n) is 6.39. The minimum Gasteiger partial charge on any atom is -0.493 e. The van der Waals surface area contributed by atoms with Crippen LogP contribution in [0.15, 0.2) is 29.6 Å². The minimum atomic E-state index is 0.0492. The van der Waals surface area contributed by atoms with Crippen LogP contribution in [0.3, 0.4) is 0 Å². The SMILES string of the molecule is CCOc1ccccc1-c1nc(CC(=O)NCC2(N3CCOCC3)CCCCC2)cs1. The van der Waals surface area contributed by atoms with Gasteiger partial charge in [-0.05, 0) is 31.9 Å². The fraction of sp³-hybridized carbons (Fsp3) is 0.583. The number of carbonyl (C=O) groups excluding carboxylic acids is 1. The van der Waals surface area contributed by atoms with E-state index in [0.717, 1.165) is 67.7 Å². The number of benzene rings is 1. The molecule has 2 heterocycles. The van der Waals surface area contributed by atoms with Gasteiger partial charge in [0.1, 0.15) is 10.8 Å². The molecule has 0 atom stereocenters. The molecule has 1 N–H and O–H groups in total. The van der Waals surface area contributed by atoms with Gasteiger partial charge in [0, 0.05) is 30.6 Å². The largest absolute Gasteiger partial charge is 0.493 e. The van der Waals surface area contributed by atoms with Crippen LogP contribution in [0, 0.1) is 0 Å². The first-order valence-electron chi connectivity index (χ1n) is 11.5. The lowest BCUT2D eigenvalue weighted by Crippen LogP contribution is -2.59. The smallest absolute Gasteiger partial charge is 0.226 e. The number of carbonyl (C=O) groups is 1. The number of rotatable bonds is 8. The Morgan fingerprint density at radius 2 is 2.00 bits per heavy atom. The van der Waals surface area contributed by atoms with Crippen LogP contribution in [0.2, 0.25) is 0 Å². The molecule has 6 nitrogen and oxygen atoms in total. The van der Waals surface area contributed by atoms with Crippen molar-refractivity contribution in [3.63, 3.8) is 0 Å². The molecule has 2 fully saturated rings. The number of ether oxygens (including phenoxy) is 2. The molecule has 1 aromatic heterocycles. The van der Waals surface area contributed by atoms with Gasteiger partial charge in [0.25, 0.3) is 0 Å². The maximum Gasteiger partial charge on any atom is 0.226 e. The highest BCUT2D eigenvalue weighted by Crippen LogP contribution is 2.34. The highest BCUT2D eigenvalue weighted by molar-refractivity contribution is 7.13. The van der Waals surface area contributed by atoms with Gasteiger partial charge >= 0.3 is 0 Å². The summed E-state index contributed by atoms with van der Waals surface area (Å²) in [5, 5.41) is 6.11. The summed E-state index contributed by atoms with van der Waals surface area (Å²) in [6.45, 7) is 6.82. The third kappa shape index (κ3) is 5.45. The van der Waals surface area contributed by atoms with Crippen molar-refractivity contribution in [3.05, 3.63) is 35.3 Å². The molecule has 0 radical (unpaired) electrons. The van der Waals surface area contributed by atoms with Crippen LogP contribution >= 0.6 is 11.3 Å². The normalized spacial score (nSPS) is 19.1. The Morgan fingerprint density at radius 3 is 2.77 bits per heavy atom. The molecule has 1 amide bonds. The Labute approximate surface area is 189 Å². The Balaban J connectivity index is 1.38. The van der Waals surface area contributed by atoms with E-state index in [1.807, 2.05) is 36.6 Å². The number of hydrogen-bond donors (Lipinski definition) is 1. The molecule has 0 spiro atoms. The Morgan fingerprint density at radius 1 is 1.23 bits per heavy atom. The number of morpholine rings is 1. The standard InChI is InChI=1S/C24H33N3O3S/c1-2-30-21-9-5-4-8-20(21)23-26-19(17-31-23)16-22(28)25-18-24(10-6-3-7-11-24)27-12-14-29-15-13-27/h4-5,8-9,17H,2-3,6-7,10-16,18H2,1H3,(H,25,28). The Kier molecular flexibility index (Phi) is 7.58. The van der Waals surface area contributed by atoms with Gasteiger partial charge < -0.3 is 14.8 Å². The van der Waals surface area contributed by atoms with E-state index < -0.39 is 0 Å². The van der Waals surface area contributed by atoms with Crippen LogP contribution in [-0.4, -0.2) is 60.8 Å². The average Bonchev–Trinajstić information content (AvgIpc) is 3.28. The van der Waals surface area contributed by atoms with Gasteiger partial charge in [0.2, 0.25) is 5.91 Å². The first-order chi connectivity index (χ1) is 15.2. The van der Waals surface area contributed by atoms with E-state index >= 15 is 0 Å². The molecular formula is C24H33N3O3S. The summed E-state index contributed by atoms with van der Waals surface area (Å²) < 4.78 is 11.3. The predicted molar refractivity (Wildman–Crippen MR) is 124 cm³/mol. The quantitative estimate of drug-likeness (QED) is 0.670. The Bertz CT molecular complexity index is 857. The predicted octanol–water partition coefficient (Wildman–Crippen LogP) is 3.90. The van der Waals surface area contributed by atoms with Crippen LogP contribution in [0.4, 0.5) is 0 Å². The molecule has 1 aliphatic heterocycles. The summed E-state index contributed by atoms with van der Waals surface area (Å²) >= 11 is 1.56. The van der Waals surface area contributed by atoms with Crippen molar-refractivity contribution in [1.82, 2.24) is 15.2 Å². The van der Waals surface area contributed by atoms with E-state index in [1.54, 1.807) is 11.3 Å². The molecule has 168 valence electrons. The summed E-state index contributed by atoms with van der Waals surface area (Å²) in [6, 6.07) is 7.93. The average molecular weight is 444 g/mol. The second-order valence-corrected chi connectivity index (χ2v) is 9.27. The summed E-state index contributed by atoms with van der Waals surface area (Å²) in [7, 11) is 0. The third-order valence-corrected chi connectivity index (χ3v) is 7.32. The highest BCUT2D eigenvalue weighted by atomic mass is 32.1. The number of amides is 1. The Hall–Kier alpha value is -1.96. The van der Waals surface area contributed by atoms with Crippen molar-refractivity contribution in [2.45, 2.75) is 51.0 Å². The zero-order valence-electron chi connectivity index (χ0n) is 18.4. The molecule has 0 unspecified atom stereocenters. The molecule has 2 aliphatic rings. The van der Waals surface area contributed by atoms with Crippen LogP contribution in [0.25, 0.3) is 10.6 Å². The van der Waals surface area contributed by atoms with Crippen molar-refractivity contribution in [2.24, 2.45) is 0 Å². The minimum absolute atomic E-state index is 0.0492. The molecule has 2 aromatic rings. The molecule has 1 saturated carbocycles. The first kappa shape index (κ1) is 22.2. The van der Waals surface area contributed by atoms with Crippen molar-refractivity contribution in [1.29, 1.82) is 0 Å². The second kappa shape index (κ2) is 10.6. The van der Waals surface area contributed by atoms with Crippen LogP contribution in [0.1, 0.15) is 44.7 Å². The van der Waals surface area contributed by atoms with Crippen LogP contribution < -0.4 is 10.1 Å². The lowest BCUT2D eigenvalue weighted by molar-refractivity contribution is -0.121. The number of hydrogen-bond acceptors (Lipinski definition) is 6. The summed E-state index contributed by atoms with van der Waals surface area (Å²) in [6.07, 6.45) is 6.39. The molecular weight excluding hydrogens is 410 g/mol. The van der Waals surface area contributed by atoms with Gasteiger partial charge in [0.05, 0.1) is 37.5 Å². The monoisotopic (exact) mass is 443 g/mol. The van der Waals surface area contributed by atoms with Crippen molar-refractivity contribution in [3.8, 4) is 16.3 Å². The van der Waals surface area contributed by atoms with Crippen molar-refractivity contribution in [2.75, 3.05) is 39.5 Å². The van der Waals surface area contributed by atoms with Gasteiger partial charge in [-0.1, -0.05) is 31.4 Å². The molecule has 31 heavy (non-hydrogen) atoms. The molecule has 4 rings (SSSR count). The van der Waals surface area contributed by atoms with E-state index in [-0.39, 0.29) is 11.4 Å². The van der Waals surface area contributed by atoms with Gasteiger partial charge in [-0.3, -0.25) is 9.69 Å². The van der Waals surface area contributed by atoms with Gasteiger partial charge in [-0.15, -0.1) is 11.3 Å². The van der Waals surface area contributed by atoms with Crippen LogP contribution in [0.5, 0.6) is 5.75 Å². The van der Waals surface area contributed by atoms with Crippen LogP contribution in [-0.2, 0) is 16.0 Å². The molecule has 1 aromatic carbocycles. The fourth-order valence-corrected chi connectivity index (χ4v) is 5.63. The zero-order valence-corrected chi connectivity index (χ0v) is 19.2. The molecule has 1 saturated heterocycles. The summed E-state index contributed by atoms with van der Waals surface area (Å²) in [4.78, 5) is 20.1. The van der Waals surface area contributed by atoms with E-state index in [0.29, 0.717) is 13.0 Å². The maximum atomic E-state index is 12.8. The molecule has 7 heteroatoms. The van der Waals surface area contributed by atoms with Gasteiger partial charge in [0.15, 0.2) is 0 Å². The van der Waals surface area contributed by atoms with E-state index in [4.69, 9.17) is 14.5 Å². The number of nitrogens with zero attached hydrogens (tertiary/aromatic N) is 2. The number of thiazole rings is 1. The number of aromatic nitrogens is 1. The summed E-state index contributed by atoms with van der Waals surface area (Å²) in [5.41, 5.74) is 1.88. The van der Waals surface area contributed by atoms with E-state index in [9.17, 15) is 4.79 Å². The van der Waals surface area contributed by atoms with Crippen molar-refractivity contribution < 1.29 is 14.3 Å². The van der Waals surface area contributed by atoms with Crippen molar-refractivity contribution >= 4 is 17.2 Å². The second-order valence-electron chi connectivity index (χ2n) is 8.41.